The van der Waals surface area contributed by atoms with E-state index in [0.717, 1.165) is 29.2 Å². The number of allylic oxidation sites excluding steroid dienone is 2. The second-order valence-electron chi connectivity index (χ2n) is 6.78. The Morgan fingerprint density at radius 3 is 2.96 bits per heavy atom. The lowest BCUT2D eigenvalue weighted by molar-refractivity contribution is 0.782. The maximum atomic E-state index is 4.62. The standard InChI is InChI=1S/C22H23N5/c1-4-16(13-23-3)20-14-25-22-21(24-9-10-27(20)22)26-19-12-15(2)11-17-7-5-6-8-18(17)19/h4-11,13-15H,12H2,1-3H3,(H,24,26)/b16-4+,23-13?. The SMILES string of the molecule is C/C=C(\C=NC)c1cnc2c(NC3=c4ccccc4=CC(C)C3)nccn12. The molecule has 4 rings (SSSR count). The van der Waals surface area contributed by atoms with E-state index in [1.165, 1.54) is 16.1 Å². The van der Waals surface area contributed by atoms with Crippen molar-refractivity contribution in [3.8, 4) is 0 Å². The minimum absolute atomic E-state index is 0.479. The molecule has 5 nitrogen and oxygen atoms in total. The molecule has 0 fully saturated rings. The number of nitrogens with one attached hydrogen (secondary N) is 1. The molecule has 5 heteroatoms. The minimum Gasteiger partial charge on any atom is -0.340 e. The number of rotatable bonds is 4. The zero-order valence-corrected chi connectivity index (χ0v) is 15.8. The topological polar surface area (TPSA) is 54.6 Å². The number of imidazole rings is 1. The van der Waals surface area contributed by atoms with Crippen LogP contribution in [0, 0.1) is 5.92 Å². The summed E-state index contributed by atoms with van der Waals surface area (Å²) in [4.78, 5) is 13.3. The summed E-state index contributed by atoms with van der Waals surface area (Å²) in [6.07, 6.45) is 12.8. The van der Waals surface area contributed by atoms with Crippen LogP contribution < -0.4 is 15.8 Å². The highest BCUT2D eigenvalue weighted by Gasteiger charge is 2.15. The minimum atomic E-state index is 0.479. The van der Waals surface area contributed by atoms with Crippen LogP contribution in [0.3, 0.4) is 0 Å². The fraction of sp³-hybridized carbons (Fsp3) is 0.227. The highest BCUT2D eigenvalue weighted by Crippen LogP contribution is 2.22. The molecule has 1 aliphatic rings. The molecule has 0 spiro atoms. The number of aliphatic imine (C=N–C) groups is 1. The largest absolute Gasteiger partial charge is 0.340 e. The third kappa shape index (κ3) is 3.16. The van der Waals surface area contributed by atoms with Crippen molar-refractivity contribution < 1.29 is 0 Å². The van der Waals surface area contributed by atoms with Gasteiger partial charge in [0.2, 0.25) is 0 Å². The van der Waals surface area contributed by atoms with Gasteiger partial charge >= 0.3 is 0 Å². The van der Waals surface area contributed by atoms with Gasteiger partial charge in [-0.3, -0.25) is 9.39 Å². The predicted molar refractivity (Wildman–Crippen MR) is 112 cm³/mol. The molecular weight excluding hydrogens is 334 g/mol. The molecule has 136 valence electrons. The van der Waals surface area contributed by atoms with Crippen LogP contribution >= 0.6 is 0 Å². The van der Waals surface area contributed by atoms with Crippen LogP contribution in [0.1, 0.15) is 26.0 Å². The molecule has 0 bridgehead atoms. The number of nitrogens with zero attached hydrogens (tertiary/aromatic N) is 4. The molecule has 1 atom stereocenters. The quantitative estimate of drug-likeness (QED) is 0.731. The Labute approximate surface area is 158 Å². The van der Waals surface area contributed by atoms with E-state index in [4.69, 9.17) is 0 Å². The van der Waals surface area contributed by atoms with Gasteiger partial charge < -0.3 is 5.32 Å². The zero-order chi connectivity index (χ0) is 18.8. The molecular formula is C22H23N5. The van der Waals surface area contributed by atoms with E-state index in [1.807, 2.05) is 37.8 Å². The van der Waals surface area contributed by atoms with Gasteiger partial charge in [-0.2, -0.15) is 0 Å². The van der Waals surface area contributed by atoms with Crippen molar-refractivity contribution in [1.82, 2.24) is 14.4 Å². The molecule has 2 aromatic heterocycles. The van der Waals surface area contributed by atoms with Gasteiger partial charge in [0.15, 0.2) is 11.5 Å². The Morgan fingerprint density at radius 2 is 2.15 bits per heavy atom. The lowest BCUT2D eigenvalue weighted by Crippen LogP contribution is -2.33. The summed E-state index contributed by atoms with van der Waals surface area (Å²) in [7, 11) is 1.77. The van der Waals surface area contributed by atoms with E-state index >= 15 is 0 Å². The number of benzene rings is 1. The van der Waals surface area contributed by atoms with Crippen molar-refractivity contribution in [2.75, 3.05) is 12.4 Å². The van der Waals surface area contributed by atoms with Gasteiger partial charge in [0.05, 0.1) is 11.9 Å². The molecule has 0 radical (unpaired) electrons. The van der Waals surface area contributed by atoms with Gasteiger partial charge in [-0.25, -0.2) is 9.97 Å². The van der Waals surface area contributed by atoms with Gasteiger partial charge in [-0.15, -0.1) is 0 Å². The molecule has 0 aliphatic heterocycles. The first-order valence-electron chi connectivity index (χ1n) is 9.19. The molecule has 1 aliphatic carbocycles. The summed E-state index contributed by atoms with van der Waals surface area (Å²) in [6.45, 7) is 4.24. The lowest BCUT2D eigenvalue weighted by Gasteiger charge is -2.18. The van der Waals surface area contributed by atoms with Gasteiger partial charge in [0.1, 0.15) is 0 Å². The summed E-state index contributed by atoms with van der Waals surface area (Å²) in [5.41, 5.74) is 4.02. The van der Waals surface area contributed by atoms with Crippen LogP contribution in [0.25, 0.3) is 23.0 Å². The molecule has 2 heterocycles. The Morgan fingerprint density at radius 1 is 1.30 bits per heavy atom. The first kappa shape index (κ1) is 17.2. The molecule has 1 unspecified atom stereocenters. The monoisotopic (exact) mass is 357 g/mol. The van der Waals surface area contributed by atoms with Gasteiger partial charge in [-0.05, 0) is 24.5 Å². The van der Waals surface area contributed by atoms with Crippen molar-refractivity contribution in [3.05, 3.63) is 65.1 Å². The Balaban J connectivity index is 1.83. The van der Waals surface area contributed by atoms with Crippen LogP contribution in [-0.4, -0.2) is 27.6 Å². The number of hydrogen-bond acceptors (Lipinski definition) is 4. The Bertz CT molecular complexity index is 1170. The summed E-state index contributed by atoms with van der Waals surface area (Å²) >= 11 is 0. The lowest BCUT2D eigenvalue weighted by atomic mass is 9.96. The Hall–Kier alpha value is -3.21. The molecule has 1 N–H and O–H groups in total. The number of aromatic nitrogens is 3. The fourth-order valence-electron chi connectivity index (χ4n) is 3.62. The van der Waals surface area contributed by atoms with Crippen molar-refractivity contribution in [2.45, 2.75) is 20.3 Å². The highest BCUT2D eigenvalue weighted by molar-refractivity contribution is 6.09. The number of fused-ring (bicyclic) bond motifs is 2. The van der Waals surface area contributed by atoms with Gasteiger partial charge in [-0.1, -0.05) is 43.3 Å². The maximum absolute atomic E-state index is 4.62. The highest BCUT2D eigenvalue weighted by atomic mass is 15.1. The second kappa shape index (κ2) is 7.19. The van der Waals surface area contributed by atoms with Crippen molar-refractivity contribution in [3.63, 3.8) is 0 Å². The fourth-order valence-corrected chi connectivity index (χ4v) is 3.62. The van der Waals surface area contributed by atoms with Crippen LogP contribution in [0.4, 0.5) is 5.82 Å². The first-order valence-corrected chi connectivity index (χ1v) is 9.19. The normalized spacial score (nSPS) is 17.2. The zero-order valence-electron chi connectivity index (χ0n) is 15.8. The van der Waals surface area contributed by atoms with Crippen molar-refractivity contribution in [2.24, 2.45) is 10.9 Å². The molecule has 1 aromatic carbocycles. The van der Waals surface area contributed by atoms with E-state index < -0.39 is 0 Å². The maximum Gasteiger partial charge on any atom is 0.180 e. The average molecular weight is 357 g/mol. The summed E-state index contributed by atoms with van der Waals surface area (Å²) in [5, 5.41) is 6.07. The van der Waals surface area contributed by atoms with Crippen molar-refractivity contribution >= 4 is 35.0 Å². The van der Waals surface area contributed by atoms with E-state index in [9.17, 15) is 0 Å². The molecule has 0 amide bonds. The number of hydrogen-bond donors (Lipinski definition) is 1. The van der Waals surface area contributed by atoms with Crippen LogP contribution in [0.5, 0.6) is 0 Å². The van der Waals surface area contributed by atoms with Crippen LogP contribution in [0.2, 0.25) is 0 Å². The molecule has 27 heavy (non-hydrogen) atoms. The van der Waals surface area contributed by atoms with Crippen LogP contribution in [0.15, 0.2) is 53.9 Å². The van der Waals surface area contributed by atoms with E-state index in [-0.39, 0.29) is 0 Å². The third-order valence-electron chi connectivity index (χ3n) is 4.85. The summed E-state index contributed by atoms with van der Waals surface area (Å²) in [5.74, 6) is 1.25. The smallest absolute Gasteiger partial charge is 0.180 e. The van der Waals surface area contributed by atoms with E-state index in [0.29, 0.717) is 5.92 Å². The van der Waals surface area contributed by atoms with E-state index in [2.05, 4.69) is 61.9 Å². The first-order chi connectivity index (χ1) is 13.2. The van der Waals surface area contributed by atoms with E-state index in [1.54, 1.807) is 7.05 Å². The summed E-state index contributed by atoms with van der Waals surface area (Å²) < 4.78 is 2.05. The number of anilines is 1. The summed E-state index contributed by atoms with van der Waals surface area (Å²) in [6, 6.07) is 8.48. The Kier molecular flexibility index (Phi) is 4.59. The van der Waals surface area contributed by atoms with Gasteiger partial charge in [0.25, 0.3) is 0 Å². The third-order valence-corrected chi connectivity index (χ3v) is 4.85. The second-order valence-corrected chi connectivity index (χ2v) is 6.78. The molecule has 0 saturated carbocycles. The average Bonchev–Trinajstić information content (AvgIpc) is 3.11. The predicted octanol–water partition coefficient (Wildman–Crippen LogP) is 2.87. The molecule has 0 saturated heterocycles. The van der Waals surface area contributed by atoms with Gasteiger partial charge in [0, 0.05) is 42.1 Å². The van der Waals surface area contributed by atoms with Crippen LogP contribution in [-0.2, 0) is 0 Å². The molecule has 3 aromatic rings. The van der Waals surface area contributed by atoms with Crippen molar-refractivity contribution in [1.29, 1.82) is 0 Å².